The number of benzene rings is 3. The van der Waals surface area contributed by atoms with E-state index in [1.807, 2.05) is 30.3 Å². The number of aromatic hydroxyl groups is 1. The molecule has 0 unspecified atom stereocenters. The lowest BCUT2D eigenvalue weighted by Crippen LogP contribution is -2.03. The van der Waals surface area contributed by atoms with Crippen LogP contribution < -0.4 is 9.47 Å². The van der Waals surface area contributed by atoms with Crippen LogP contribution in [0.5, 0.6) is 23.0 Å². The van der Waals surface area contributed by atoms with E-state index in [1.165, 1.54) is 12.8 Å². The minimum absolute atomic E-state index is 0.0969. The summed E-state index contributed by atoms with van der Waals surface area (Å²) in [5.74, 6) is 1.67. The Labute approximate surface area is 169 Å². The third kappa shape index (κ3) is 5.29. The minimum atomic E-state index is -0.902. The number of carbonyl (C=O) groups is 1. The van der Waals surface area contributed by atoms with Gasteiger partial charge in [0.1, 0.15) is 23.0 Å². The van der Waals surface area contributed by atoms with Crippen LogP contribution in [0.3, 0.4) is 0 Å². The normalized spacial score (nSPS) is 13.1. The number of hydrogen-bond donors (Lipinski definition) is 2. The highest BCUT2D eigenvalue weighted by Gasteiger charge is 2.22. The number of aliphatic carboxylic acids is 1. The monoisotopic (exact) mass is 390 g/mol. The second kappa shape index (κ2) is 8.27. The molecule has 3 aromatic carbocycles. The van der Waals surface area contributed by atoms with Gasteiger partial charge in [-0.15, -0.1) is 0 Å². The average molecular weight is 390 g/mol. The van der Waals surface area contributed by atoms with E-state index in [9.17, 15) is 9.90 Å². The lowest BCUT2D eigenvalue weighted by molar-refractivity contribution is -0.136. The van der Waals surface area contributed by atoms with E-state index in [-0.39, 0.29) is 12.2 Å². The maximum Gasteiger partial charge on any atom is 0.307 e. The van der Waals surface area contributed by atoms with Crippen molar-refractivity contribution in [3.05, 3.63) is 72.3 Å². The molecule has 0 aromatic heterocycles. The molecular weight excluding hydrogens is 368 g/mol. The Hall–Kier alpha value is -3.47. The van der Waals surface area contributed by atoms with Crippen LogP contribution in [0.2, 0.25) is 0 Å². The van der Waals surface area contributed by atoms with Crippen LogP contribution in [-0.2, 0) is 11.2 Å². The highest BCUT2D eigenvalue weighted by atomic mass is 16.5. The van der Waals surface area contributed by atoms with Crippen molar-refractivity contribution < 1.29 is 24.5 Å². The minimum Gasteiger partial charge on any atom is -0.508 e. The molecule has 5 heteroatoms. The molecule has 5 nitrogen and oxygen atoms in total. The van der Waals surface area contributed by atoms with Gasteiger partial charge in [0, 0.05) is 6.07 Å². The van der Waals surface area contributed by atoms with E-state index in [0.29, 0.717) is 35.3 Å². The Bertz CT molecular complexity index is 1020. The van der Waals surface area contributed by atoms with Crippen molar-refractivity contribution in [2.24, 2.45) is 5.92 Å². The third-order valence-electron chi connectivity index (χ3n) is 4.73. The summed E-state index contributed by atoms with van der Waals surface area (Å²) < 4.78 is 11.9. The molecule has 4 rings (SSSR count). The summed E-state index contributed by atoms with van der Waals surface area (Å²) in [7, 11) is 0. The molecule has 2 N–H and O–H groups in total. The zero-order valence-corrected chi connectivity index (χ0v) is 15.9. The lowest BCUT2D eigenvalue weighted by Gasteiger charge is -2.12. The molecular formula is C24H22O5. The maximum absolute atomic E-state index is 11.2. The van der Waals surface area contributed by atoms with Crippen LogP contribution in [0.4, 0.5) is 0 Å². The first-order valence-electron chi connectivity index (χ1n) is 9.61. The number of rotatable bonds is 8. The SMILES string of the molecule is O=C(O)Cc1cc(OCC2CC2)cc(Oc2cccc(-c3cccc(O)c3)c2)c1. The van der Waals surface area contributed by atoms with Crippen LogP contribution in [-0.4, -0.2) is 22.8 Å². The number of hydrogen-bond acceptors (Lipinski definition) is 4. The smallest absolute Gasteiger partial charge is 0.307 e. The molecule has 0 spiro atoms. The molecule has 148 valence electrons. The van der Waals surface area contributed by atoms with Crippen molar-refractivity contribution >= 4 is 5.97 Å². The maximum atomic E-state index is 11.2. The van der Waals surface area contributed by atoms with Gasteiger partial charge in [0.05, 0.1) is 13.0 Å². The van der Waals surface area contributed by atoms with Gasteiger partial charge in [-0.25, -0.2) is 0 Å². The summed E-state index contributed by atoms with van der Waals surface area (Å²) in [6.07, 6.45) is 2.26. The number of ether oxygens (including phenoxy) is 2. The van der Waals surface area contributed by atoms with E-state index < -0.39 is 5.97 Å². The summed E-state index contributed by atoms with van der Waals surface area (Å²) >= 11 is 0. The highest BCUT2D eigenvalue weighted by molar-refractivity contribution is 5.71. The summed E-state index contributed by atoms with van der Waals surface area (Å²) in [5, 5.41) is 18.9. The van der Waals surface area contributed by atoms with Gasteiger partial charge in [-0.05, 0) is 71.8 Å². The largest absolute Gasteiger partial charge is 0.508 e. The molecule has 1 fully saturated rings. The van der Waals surface area contributed by atoms with Crippen molar-refractivity contribution in [1.82, 2.24) is 0 Å². The molecule has 0 amide bonds. The number of phenolic OH excluding ortho intramolecular Hbond substituents is 1. The zero-order chi connectivity index (χ0) is 20.2. The average Bonchev–Trinajstić information content (AvgIpc) is 3.50. The van der Waals surface area contributed by atoms with Gasteiger partial charge in [-0.1, -0.05) is 24.3 Å². The van der Waals surface area contributed by atoms with E-state index in [0.717, 1.165) is 11.1 Å². The fourth-order valence-electron chi connectivity index (χ4n) is 3.11. The summed E-state index contributed by atoms with van der Waals surface area (Å²) in [4.78, 5) is 11.2. The molecule has 3 aromatic rings. The summed E-state index contributed by atoms with van der Waals surface area (Å²) in [5.41, 5.74) is 2.42. The first kappa shape index (κ1) is 18.9. The number of carboxylic acid groups (broad SMARTS) is 1. The Morgan fingerprint density at radius 1 is 0.897 bits per heavy atom. The predicted molar refractivity (Wildman–Crippen MR) is 110 cm³/mol. The predicted octanol–water partition coefficient (Wildman–Crippen LogP) is 5.27. The standard InChI is InChI=1S/C24H22O5/c25-20-5-1-3-18(12-20)19-4-2-6-21(13-19)29-23-10-17(11-24(26)27)9-22(14-23)28-15-16-7-8-16/h1-6,9-10,12-14,16,25H,7-8,11,15H2,(H,26,27). The van der Waals surface area contributed by atoms with Crippen LogP contribution >= 0.6 is 0 Å². The zero-order valence-electron chi connectivity index (χ0n) is 15.9. The Morgan fingerprint density at radius 3 is 2.34 bits per heavy atom. The van der Waals surface area contributed by atoms with E-state index in [1.54, 1.807) is 36.4 Å². The first-order valence-corrected chi connectivity index (χ1v) is 9.61. The van der Waals surface area contributed by atoms with Gasteiger partial charge in [-0.3, -0.25) is 4.79 Å². The molecule has 1 aliphatic carbocycles. The van der Waals surface area contributed by atoms with Crippen molar-refractivity contribution in [1.29, 1.82) is 0 Å². The molecule has 0 heterocycles. The molecule has 0 aliphatic heterocycles. The number of phenols is 1. The number of carboxylic acids is 1. The van der Waals surface area contributed by atoms with E-state index in [2.05, 4.69) is 0 Å². The van der Waals surface area contributed by atoms with Gasteiger partial charge < -0.3 is 19.7 Å². The fraction of sp³-hybridized carbons (Fsp3) is 0.208. The van der Waals surface area contributed by atoms with Crippen LogP contribution in [0.15, 0.2) is 66.7 Å². The van der Waals surface area contributed by atoms with Crippen LogP contribution in [0.1, 0.15) is 18.4 Å². The van der Waals surface area contributed by atoms with Crippen molar-refractivity contribution in [3.8, 4) is 34.1 Å². The van der Waals surface area contributed by atoms with Gasteiger partial charge in [0.2, 0.25) is 0 Å². The summed E-state index contributed by atoms with van der Waals surface area (Å²) in [6, 6.07) is 19.8. The van der Waals surface area contributed by atoms with Crippen molar-refractivity contribution in [3.63, 3.8) is 0 Å². The Morgan fingerprint density at radius 2 is 1.62 bits per heavy atom. The molecule has 1 aliphatic rings. The van der Waals surface area contributed by atoms with Gasteiger partial charge in [-0.2, -0.15) is 0 Å². The summed E-state index contributed by atoms with van der Waals surface area (Å²) in [6.45, 7) is 0.642. The first-order chi connectivity index (χ1) is 14.0. The van der Waals surface area contributed by atoms with Crippen LogP contribution in [0.25, 0.3) is 11.1 Å². The van der Waals surface area contributed by atoms with Crippen LogP contribution in [0, 0.1) is 5.92 Å². The molecule has 0 saturated heterocycles. The lowest BCUT2D eigenvalue weighted by atomic mass is 10.1. The Balaban J connectivity index is 1.58. The quantitative estimate of drug-likeness (QED) is 0.548. The molecule has 29 heavy (non-hydrogen) atoms. The van der Waals surface area contributed by atoms with Crippen molar-refractivity contribution in [2.75, 3.05) is 6.61 Å². The Kier molecular flexibility index (Phi) is 5.38. The third-order valence-corrected chi connectivity index (χ3v) is 4.73. The van der Waals surface area contributed by atoms with Gasteiger partial charge in [0.15, 0.2) is 0 Å². The highest BCUT2D eigenvalue weighted by Crippen LogP contribution is 2.33. The van der Waals surface area contributed by atoms with E-state index in [4.69, 9.17) is 14.6 Å². The molecule has 0 atom stereocenters. The van der Waals surface area contributed by atoms with Crippen molar-refractivity contribution in [2.45, 2.75) is 19.3 Å². The van der Waals surface area contributed by atoms with Gasteiger partial charge >= 0.3 is 5.97 Å². The molecule has 1 saturated carbocycles. The second-order valence-electron chi connectivity index (χ2n) is 7.32. The van der Waals surface area contributed by atoms with E-state index >= 15 is 0 Å². The molecule has 0 radical (unpaired) electrons. The topological polar surface area (TPSA) is 76.0 Å². The van der Waals surface area contributed by atoms with Gasteiger partial charge in [0.25, 0.3) is 0 Å². The fourth-order valence-corrected chi connectivity index (χ4v) is 3.11. The molecule has 0 bridgehead atoms. The second-order valence-corrected chi connectivity index (χ2v) is 7.32.